The highest BCUT2D eigenvalue weighted by Crippen LogP contribution is 2.23. The van der Waals surface area contributed by atoms with Crippen molar-refractivity contribution in [2.45, 2.75) is 19.9 Å². The van der Waals surface area contributed by atoms with Crippen LogP contribution in [0.3, 0.4) is 0 Å². The summed E-state index contributed by atoms with van der Waals surface area (Å²) in [5.41, 5.74) is 5.77. The molecule has 0 saturated carbocycles. The number of phenols is 2. The van der Waals surface area contributed by atoms with E-state index in [9.17, 15) is 4.79 Å². The van der Waals surface area contributed by atoms with Crippen LogP contribution in [0, 0.1) is 6.92 Å². The van der Waals surface area contributed by atoms with Gasteiger partial charge in [0, 0.05) is 0 Å². The van der Waals surface area contributed by atoms with Gasteiger partial charge in [-0.25, -0.2) is 0 Å². The fourth-order valence-corrected chi connectivity index (χ4v) is 0.633. The highest BCUT2D eigenvalue weighted by molar-refractivity contribution is 5.72. The van der Waals surface area contributed by atoms with Gasteiger partial charge in [0.2, 0.25) is 0 Å². The van der Waals surface area contributed by atoms with E-state index in [0.717, 1.165) is 5.56 Å². The average molecular weight is 213 g/mol. The van der Waals surface area contributed by atoms with Gasteiger partial charge in [-0.3, -0.25) is 4.79 Å². The quantitative estimate of drug-likeness (QED) is 0.517. The standard InChI is InChI=1S/C7H8O2.C3H7NO2/c1-5-2-3-6(8)7(9)4-5;1-2(4)3(5)6/h2-4,8-9H,1H3;2H,4H2,1H3,(H,5,6). The van der Waals surface area contributed by atoms with Gasteiger partial charge in [-0.05, 0) is 31.5 Å². The van der Waals surface area contributed by atoms with Gasteiger partial charge in [0.15, 0.2) is 11.5 Å². The third-order valence-corrected chi connectivity index (χ3v) is 1.52. The lowest BCUT2D eigenvalue weighted by Crippen LogP contribution is -2.25. The minimum absolute atomic E-state index is 0.0602. The lowest BCUT2D eigenvalue weighted by atomic mass is 10.2. The van der Waals surface area contributed by atoms with Crippen LogP contribution in [0.1, 0.15) is 12.5 Å². The Kier molecular flexibility index (Phi) is 5.19. The van der Waals surface area contributed by atoms with Gasteiger partial charge >= 0.3 is 5.97 Å². The van der Waals surface area contributed by atoms with E-state index in [4.69, 9.17) is 21.1 Å². The Morgan fingerprint density at radius 3 is 2.07 bits per heavy atom. The van der Waals surface area contributed by atoms with Gasteiger partial charge in [-0.15, -0.1) is 0 Å². The van der Waals surface area contributed by atoms with Crippen molar-refractivity contribution >= 4 is 5.97 Å². The van der Waals surface area contributed by atoms with Crippen molar-refractivity contribution in [1.29, 1.82) is 0 Å². The van der Waals surface area contributed by atoms with E-state index in [1.54, 1.807) is 6.07 Å². The summed E-state index contributed by atoms with van der Waals surface area (Å²) < 4.78 is 0. The third-order valence-electron chi connectivity index (χ3n) is 1.52. The number of carboxylic acid groups (broad SMARTS) is 1. The van der Waals surface area contributed by atoms with Crippen molar-refractivity contribution in [1.82, 2.24) is 0 Å². The Bertz CT molecular complexity index is 336. The largest absolute Gasteiger partial charge is 0.504 e. The average Bonchev–Trinajstić information content (AvgIpc) is 2.13. The number of nitrogens with two attached hydrogens (primary N) is 1. The number of hydrogen-bond acceptors (Lipinski definition) is 4. The molecule has 5 nitrogen and oxygen atoms in total. The maximum atomic E-state index is 9.57. The molecule has 1 unspecified atom stereocenters. The van der Waals surface area contributed by atoms with Crippen LogP contribution in [-0.4, -0.2) is 27.3 Å². The molecule has 5 N–H and O–H groups in total. The number of phenolic OH excluding ortho intramolecular Hbond substituents is 2. The van der Waals surface area contributed by atoms with Crippen molar-refractivity contribution in [2.75, 3.05) is 0 Å². The smallest absolute Gasteiger partial charge is 0.320 e. The molecule has 0 heterocycles. The number of carbonyl (C=O) groups is 1. The fourth-order valence-electron chi connectivity index (χ4n) is 0.633. The first kappa shape index (κ1) is 13.2. The number of benzene rings is 1. The van der Waals surface area contributed by atoms with Crippen molar-refractivity contribution in [3.63, 3.8) is 0 Å². The summed E-state index contributed by atoms with van der Waals surface area (Å²) >= 11 is 0. The summed E-state index contributed by atoms with van der Waals surface area (Å²) in [6, 6.07) is 3.97. The van der Waals surface area contributed by atoms with Gasteiger partial charge in [-0.2, -0.15) is 0 Å². The zero-order valence-corrected chi connectivity index (χ0v) is 8.64. The van der Waals surface area contributed by atoms with Crippen molar-refractivity contribution in [2.24, 2.45) is 5.73 Å². The van der Waals surface area contributed by atoms with Gasteiger partial charge in [0.25, 0.3) is 0 Å². The van der Waals surface area contributed by atoms with E-state index in [1.807, 2.05) is 6.92 Å². The van der Waals surface area contributed by atoms with Crippen LogP contribution in [0.5, 0.6) is 11.5 Å². The van der Waals surface area contributed by atoms with E-state index < -0.39 is 12.0 Å². The fraction of sp³-hybridized carbons (Fsp3) is 0.300. The molecule has 0 fully saturated rings. The molecule has 1 aromatic rings. The van der Waals surface area contributed by atoms with Gasteiger partial charge in [0.05, 0.1) is 0 Å². The molecule has 1 rings (SSSR count). The molecule has 0 aromatic heterocycles. The minimum atomic E-state index is -0.963. The monoisotopic (exact) mass is 213 g/mol. The van der Waals surface area contributed by atoms with Crippen LogP contribution in [0.25, 0.3) is 0 Å². The van der Waals surface area contributed by atoms with E-state index in [2.05, 4.69) is 0 Å². The number of aromatic hydroxyl groups is 2. The first-order valence-corrected chi connectivity index (χ1v) is 4.31. The summed E-state index contributed by atoms with van der Waals surface area (Å²) in [5.74, 6) is -1.09. The van der Waals surface area contributed by atoms with Crippen molar-refractivity contribution in [3.05, 3.63) is 23.8 Å². The summed E-state index contributed by atoms with van der Waals surface area (Å²) in [4.78, 5) is 9.57. The Labute approximate surface area is 87.8 Å². The van der Waals surface area contributed by atoms with Crippen LogP contribution < -0.4 is 5.73 Å². The first-order chi connectivity index (χ1) is 6.84. The van der Waals surface area contributed by atoms with Crippen LogP contribution in [0.2, 0.25) is 0 Å². The molecular formula is C10H15NO4. The molecule has 84 valence electrons. The topological polar surface area (TPSA) is 104 Å². The lowest BCUT2D eigenvalue weighted by molar-refractivity contribution is -0.138. The molecule has 0 bridgehead atoms. The van der Waals surface area contributed by atoms with Gasteiger partial charge < -0.3 is 21.1 Å². The molecule has 15 heavy (non-hydrogen) atoms. The second-order valence-electron chi connectivity index (χ2n) is 3.12. The van der Waals surface area contributed by atoms with Crippen LogP contribution in [0.4, 0.5) is 0 Å². The number of aliphatic carboxylic acids is 1. The number of rotatable bonds is 1. The molecule has 1 aromatic carbocycles. The predicted octanol–water partition coefficient (Wildman–Crippen LogP) is 0.824. The highest BCUT2D eigenvalue weighted by atomic mass is 16.4. The molecule has 0 spiro atoms. The lowest BCUT2D eigenvalue weighted by Gasteiger charge is -1.95. The summed E-state index contributed by atoms with van der Waals surface area (Å²) in [7, 11) is 0. The molecular weight excluding hydrogens is 198 g/mol. The third kappa shape index (κ3) is 5.53. The van der Waals surface area contributed by atoms with Crippen molar-refractivity contribution < 1.29 is 20.1 Å². The summed E-state index contributed by atoms with van der Waals surface area (Å²) in [6.45, 7) is 3.27. The number of carboxylic acids is 1. The van der Waals surface area contributed by atoms with E-state index >= 15 is 0 Å². The molecule has 0 aliphatic heterocycles. The van der Waals surface area contributed by atoms with Gasteiger partial charge in [-0.1, -0.05) is 6.07 Å². The van der Waals surface area contributed by atoms with E-state index in [1.165, 1.54) is 19.1 Å². The molecule has 0 amide bonds. The summed E-state index contributed by atoms with van der Waals surface area (Å²) in [5, 5.41) is 25.5. The van der Waals surface area contributed by atoms with Crippen LogP contribution in [-0.2, 0) is 4.79 Å². The first-order valence-electron chi connectivity index (χ1n) is 4.31. The Hall–Kier alpha value is -1.75. The molecule has 0 aliphatic carbocycles. The Balaban J connectivity index is 0.000000288. The number of hydrogen-bond donors (Lipinski definition) is 4. The molecule has 0 radical (unpaired) electrons. The van der Waals surface area contributed by atoms with Crippen molar-refractivity contribution in [3.8, 4) is 11.5 Å². The normalized spacial score (nSPS) is 11.1. The van der Waals surface area contributed by atoms with Crippen LogP contribution in [0.15, 0.2) is 18.2 Å². The highest BCUT2D eigenvalue weighted by Gasteiger charge is 1.99. The van der Waals surface area contributed by atoms with Crippen LogP contribution >= 0.6 is 0 Å². The molecule has 0 aliphatic rings. The molecule has 1 atom stereocenters. The summed E-state index contributed by atoms with van der Waals surface area (Å²) in [6.07, 6.45) is 0. The predicted molar refractivity (Wildman–Crippen MR) is 55.8 cm³/mol. The SMILES string of the molecule is CC(N)C(=O)O.Cc1ccc(O)c(O)c1. The zero-order chi connectivity index (χ0) is 12.0. The van der Waals surface area contributed by atoms with Gasteiger partial charge in [0.1, 0.15) is 6.04 Å². The second kappa shape index (κ2) is 5.87. The zero-order valence-electron chi connectivity index (χ0n) is 8.64. The molecule has 5 heteroatoms. The second-order valence-corrected chi connectivity index (χ2v) is 3.12. The van der Waals surface area contributed by atoms with E-state index in [-0.39, 0.29) is 11.5 Å². The maximum Gasteiger partial charge on any atom is 0.320 e. The van der Waals surface area contributed by atoms with E-state index in [0.29, 0.717) is 0 Å². The number of aryl methyl sites for hydroxylation is 1. The Morgan fingerprint density at radius 1 is 1.33 bits per heavy atom. The molecule has 0 saturated heterocycles. The Morgan fingerprint density at radius 2 is 1.80 bits per heavy atom. The maximum absolute atomic E-state index is 9.57. The minimum Gasteiger partial charge on any atom is -0.504 e.